The van der Waals surface area contributed by atoms with Crippen LogP contribution in [-0.2, 0) is 4.79 Å². The van der Waals surface area contributed by atoms with Gasteiger partial charge in [0.05, 0.1) is 5.25 Å². The van der Waals surface area contributed by atoms with Crippen molar-refractivity contribution in [1.29, 1.82) is 0 Å². The van der Waals surface area contributed by atoms with E-state index in [4.69, 9.17) is 0 Å². The molecule has 0 bridgehead atoms. The molecule has 0 spiro atoms. The van der Waals surface area contributed by atoms with Crippen molar-refractivity contribution in [1.82, 2.24) is 5.32 Å². The molecule has 1 atom stereocenters. The summed E-state index contributed by atoms with van der Waals surface area (Å²) in [6, 6.07) is 0. The molecule has 0 rings (SSSR count). The monoisotopic (exact) mass is 207 g/mol. The molecule has 0 heterocycles. The van der Waals surface area contributed by atoms with E-state index in [2.05, 4.69) is 24.2 Å². The van der Waals surface area contributed by atoms with Crippen molar-refractivity contribution < 1.29 is 4.79 Å². The Morgan fingerprint density at radius 3 is 2.75 bits per heavy atom. The Kier molecular flexibility index (Phi) is 7.91. The third-order valence-electron chi connectivity index (χ3n) is 1.45. The molecular weight excluding hydrogens is 190 g/mol. The van der Waals surface area contributed by atoms with Gasteiger partial charge in [0.2, 0.25) is 5.91 Å². The van der Waals surface area contributed by atoms with E-state index in [9.17, 15) is 4.79 Å². The maximum Gasteiger partial charge on any atom is 0.232 e. The molecule has 0 aromatic carbocycles. The number of thioether (sulfide) groups is 1. The van der Waals surface area contributed by atoms with E-state index in [1.807, 2.05) is 11.8 Å². The molecule has 0 aliphatic carbocycles. The minimum absolute atomic E-state index is 0.0301. The fourth-order valence-corrected chi connectivity index (χ4v) is 1.31. The highest BCUT2D eigenvalue weighted by Gasteiger charge is 2.04. The molecule has 0 aromatic heterocycles. The smallest absolute Gasteiger partial charge is 0.232 e. The van der Waals surface area contributed by atoms with Gasteiger partial charge in [-0.25, -0.2) is 0 Å². The van der Waals surface area contributed by atoms with Gasteiger partial charge in [-0.1, -0.05) is 0 Å². The summed E-state index contributed by atoms with van der Waals surface area (Å²) >= 11 is 5.86. The van der Waals surface area contributed by atoms with Gasteiger partial charge >= 0.3 is 0 Å². The maximum absolute atomic E-state index is 11.0. The zero-order valence-electron chi connectivity index (χ0n) is 7.67. The highest BCUT2D eigenvalue weighted by Crippen LogP contribution is 1.98. The third kappa shape index (κ3) is 6.85. The second-order valence-corrected chi connectivity index (χ2v) is 4.43. The van der Waals surface area contributed by atoms with E-state index < -0.39 is 0 Å². The molecule has 0 fully saturated rings. The topological polar surface area (TPSA) is 29.1 Å². The fourth-order valence-electron chi connectivity index (χ4n) is 0.731. The highest BCUT2D eigenvalue weighted by atomic mass is 32.2. The minimum Gasteiger partial charge on any atom is -0.355 e. The predicted molar refractivity (Wildman–Crippen MR) is 59.1 cm³/mol. The SMILES string of the molecule is CSCCCCNC(=O)C(C)S. The summed E-state index contributed by atoms with van der Waals surface area (Å²) < 4.78 is 0. The number of amides is 1. The number of thiol groups is 1. The second kappa shape index (κ2) is 7.80. The average molecular weight is 207 g/mol. The van der Waals surface area contributed by atoms with Crippen molar-refractivity contribution in [2.45, 2.75) is 25.0 Å². The van der Waals surface area contributed by atoms with Crippen LogP contribution in [0.1, 0.15) is 19.8 Å². The van der Waals surface area contributed by atoms with Crippen LogP contribution < -0.4 is 5.32 Å². The van der Waals surface area contributed by atoms with Crippen molar-refractivity contribution >= 4 is 30.3 Å². The Balaban J connectivity index is 3.14. The summed E-state index contributed by atoms with van der Waals surface area (Å²) in [6.07, 6.45) is 4.32. The van der Waals surface area contributed by atoms with Gasteiger partial charge in [-0.2, -0.15) is 24.4 Å². The molecule has 0 aromatic rings. The van der Waals surface area contributed by atoms with Crippen LogP contribution in [0, 0.1) is 0 Å². The van der Waals surface area contributed by atoms with E-state index in [1.54, 1.807) is 6.92 Å². The van der Waals surface area contributed by atoms with Gasteiger partial charge in [-0.3, -0.25) is 4.79 Å². The molecule has 0 saturated carbocycles. The molecule has 1 N–H and O–H groups in total. The Morgan fingerprint density at radius 1 is 1.58 bits per heavy atom. The first kappa shape index (κ1) is 12.2. The van der Waals surface area contributed by atoms with Crippen molar-refractivity contribution in [3.63, 3.8) is 0 Å². The molecule has 0 aliphatic heterocycles. The number of hydrogen-bond donors (Lipinski definition) is 2. The number of unbranched alkanes of at least 4 members (excludes halogenated alkanes) is 1. The van der Waals surface area contributed by atoms with E-state index in [0.29, 0.717) is 0 Å². The molecule has 0 saturated heterocycles. The third-order valence-corrected chi connectivity index (χ3v) is 2.39. The first-order valence-corrected chi connectivity index (χ1v) is 6.04. The molecule has 1 unspecified atom stereocenters. The van der Waals surface area contributed by atoms with E-state index in [-0.39, 0.29) is 11.2 Å². The van der Waals surface area contributed by atoms with Crippen LogP contribution in [0.5, 0.6) is 0 Å². The van der Waals surface area contributed by atoms with Crippen LogP contribution in [0.15, 0.2) is 0 Å². The number of rotatable bonds is 6. The van der Waals surface area contributed by atoms with Crippen LogP contribution in [0.4, 0.5) is 0 Å². The number of nitrogens with one attached hydrogen (secondary N) is 1. The van der Waals surface area contributed by atoms with E-state index in [0.717, 1.165) is 13.0 Å². The Bertz CT molecular complexity index is 128. The number of hydrogen-bond acceptors (Lipinski definition) is 3. The van der Waals surface area contributed by atoms with E-state index >= 15 is 0 Å². The lowest BCUT2D eigenvalue weighted by atomic mass is 10.3. The lowest BCUT2D eigenvalue weighted by molar-refractivity contribution is -0.120. The zero-order chi connectivity index (χ0) is 9.40. The Labute approximate surface area is 84.3 Å². The first-order chi connectivity index (χ1) is 5.68. The van der Waals surface area contributed by atoms with Gasteiger partial charge in [0.1, 0.15) is 0 Å². The maximum atomic E-state index is 11.0. The van der Waals surface area contributed by atoms with Gasteiger partial charge in [0, 0.05) is 6.54 Å². The number of carbonyl (C=O) groups is 1. The summed E-state index contributed by atoms with van der Waals surface area (Å²) in [5.74, 6) is 1.20. The van der Waals surface area contributed by atoms with Crippen LogP contribution >= 0.6 is 24.4 Å². The van der Waals surface area contributed by atoms with Gasteiger partial charge in [-0.05, 0) is 31.8 Å². The first-order valence-electron chi connectivity index (χ1n) is 4.13. The Morgan fingerprint density at radius 2 is 2.25 bits per heavy atom. The lowest BCUT2D eigenvalue weighted by Gasteiger charge is -2.05. The Hall–Kier alpha value is 0.170. The van der Waals surface area contributed by atoms with Gasteiger partial charge in [-0.15, -0.1) is 0 Å². The summed E-state index contributed by atoms with van der Waals surface area (Å²) in [4.78, 5) is 11.0. The summed E-state index contributed by atoms with van der Waals surface area (Å²) in [5.41, 5.74) is 0. The summed E-state index contributed by atoms with van der Waals surface area (Å²) in [5, 5.41) is 2.63. The molecule has 0 aliphatic rings. The van der Waals surface area contributed by atoms with Crippen LogP contribution in [0.3, 0.4) is 0 Å². The van der Waals surface area contributed by atoms with Crippen LogP contribution in [-0.4, -0.2) is 29.7 Å². The standard InChI is InChI=1S/C8H17NOS2/c1-7(11)8(10)9-5-3-4-6-12-2/h7,11H,3-6H2,1-2H3,(H,9,10). The molecular formula is C8H17NOS2. The predicted octanol–water partition coefficient (Wildman–Crippen LogP) is 1.56. The summed E-state index contributed by atoms with van der Waals surface area (Å²) in [6.45, 7) is 2.56. The average Bonchev–Trinajstić information content (AvgIpc) is 2.03. The van der Waals surface area contributed by atoms with Crippen LogP contribution in [0.2, 0.25) is 0 Å². The molecule has 72 valence electrons. The largest absolute Gasteiger partial charge is 0.355 e. The molecule has 1 amide bonds. The van der Waals surface area contributed by atoms with Gasteiger partial charge in [0.25, 0.3) is 0 Å². The second-order valence-electron chi connectivity index (χ2n) is 2.67. The fraction of sp³-hybridized carbons (Fsp3) is 0.875. The van der Waals surface area contributed by atoms with Crippen molar-refractivity contribution in [3.05, 3.63) is 0 Å². The van der Waals surface area contributed by atoms with Gasteiger partial charge in [0.15, 0.2) is 0 Å². The normalized spacial score (nSPS) is 12.6. The van der Waals surface area contributed by atoms with E-state index in [1.165, 1.54) is 12.2 Å². The lowest BCUT2D eigenvalue weighted by Crippen LogP contribution is -2.30. The molecule has 12 heavy (non-hydrogen) atoms. The van der Waals surface area contributed by atoms with Crippen molar-refractivity contribution in [2.24, 2.45) is 0 Å². The minimum atomic E-state index is -0.189. The molecule has 2 nitrogen and oxygen atoms in total. The van der Waals surface area contributed by atoms with Gasteiger partial charge < -0.3 is 5.32 Å². The van der Waals surface area contributed by atoms with Crippen molar-refractivity contribution in [2.75, 3.05) is 18.6 Å². The van der Waals surface area contributed by atoms with Crippen LogP contribution in [0.25, 0.3) is 0 Å². The highest BCUT2D eigenvalue weighted by molar-refractivity contribution is 7.98. The van der Waals surface area contributed by atoms with Crippen molar-refractivity contribution in [3.8, 4) is 0 Å². The molecule has 0 radical (unpaired) electrons. The zero-order valence-corrected chi connectivity index (χ0v) is 9.38. The quantitative estimate of drug-likeness (QED) is 0.511. The number of carbonyl (C=O) groups excluding carboxylic acids is 1. The molecule has 4 heteroatoms. The summed E-state index contributed by atoms with van der Waals surface area (Å²) in [7, 11) is 0.